The largest absolute Gasteiger partial charge is 0.488 e. The van der Waals surface area contributed by atoms with Crippen LogP contribution >= 0.6 is 11.3 Å². The molecular formula is C46H39F5N4O6S. The minimum Gasteiger partial charge on any atom is -0.488 e. The third-order valence-corrected chi connectivity index (χ3v) is 11.2. The van der Waals surface area contributed by atoms with Crippen LogP contribution in [0.4, 0.5) is 27.6 Å². The second-order valence-corrected chi connectivity index (χ2v) is 15.2. The fraction of sp³-hybridized carbons (Fsp3) is 0.283. The van der Waals surface area contributed by atoms with Crippen molar-refractivity contribution in [3.8, 4) is 35.5 Å². The molecule has 62 heavy (non-hydrogen) atoms. The smallest absolute Gasteiger partial charge is 0.200 e. The molecule has 2 aliphatic heterocycles. The van der Waals surface area contributed by atoms with Crippen molar-refractivity contribution in [2.24, 2.45) is 0 Å². The Hall–Kier alpha value is -6.64. The number of rotatable bonds is 17. The zero-order valence-electron chi connectivity index (χ0n) is 33.3. The third kappa shape index (κ3) is 9.31. The number of unbranched alkanes of at least 4 members (excludes halogenated alkanes) is 2. The number of ether oxygens (including phenoxy) is 4. The Balaban J connectivity index is 1.42. The molecule has 0 fully saturated rings. The van der Waals surface area contributed by atoms with Crippen LogP contribution in [-0.2, 0) is 16.9 Å². The number of benzene rings is 3. The molecule has 0 saturated carbocycles. The van der Waals surface area contributed by atoms with Gasteiger partial charge in [-0.05, 0) is 68.5 Å². The first-order chi connectivity index (χ1) is 30.0. The first kappa shape index (κ1) is 44.9. The number of thiophene rings is 1. The van der Waals surface area contributed by atoms with Crippen molar-refractivity contribution in [2.75, 3.05) is 44.4 Å². The number of aliphatic hydroxyl groups excluding tert-OH is 2. The van der Waals surface area contributed by atoms with Gasteiger partial charge >= 0.3 is 0 Å². The van der Waals surface area contributed by atoms with Crippen LogP contribution in [0.1, 0.15) is 59.1 Å². The van der Waals surface area contributed by atoms with Crippen LogP contribution in [0.3, 0.4) is 0 Å². The van der Waals surface area contributed by atoms with E-state index in [4.69, 9.17) is 18.9 Å². The summed E-state index contributed by atoms with van der Waals surface area (Å²) in [4.78, 5) is 3.13. The Morgan fingerprint density at radius 3 is 1.94 bits per heavy atom. The van der Waals surface area contributed by atoms with E-state index in [1.165, 1.54) is 12.2 Å². The quantitative estimate of drug-likeness (QED) is 0.0345. The van der Waals surface area contributed by atoms with Crippen molar-refractivity contribution in [1.29, 1.82) is 15.8 Å². The Morgan fingerprint density at radius 1 is 0.790 bits per heavy atom. The van der Waals surface area contributed by atoms with Gasteiger partial charge in [-0.15, -0.1) is 11.3 Å². The molecule has 4 aromatic rings. The van der Waals surface area contributed by atoms with Gasteiger partial charge in [-0.25, -0.2) is 22.0 Å². The summed E-state index contributed by atoms with van der Waals surface area (Å²) in [7, 11) is 0. The summed E-state index contributed by atoms with van der Waals surface area (Å²) in [6.07, 6.45) is 8.97. The molecule has 3 heterocycles. The summed E-state index contributed by atoms with van der Waals surface area (Å²) >= 11 is 1.16. The monoisotopic (exact) mass is 870 g/mol. The Kier molecular flexibility index (Phi) is 14.7. The minimum atomic E-state index is -2.59. The average molecular weight is 871 g/mol. The van der Waals surface area contributed by atoms with Gasteiger partial charge in [0, 0.05) is 49.2 Å². The number of nitrogens with zero attached hydrogens (tertiary/aromatic N) is 4. The lowest BCUT2D eigenvalue weighted by molar-refractivity contribution is 0.0660. The summed E-state index contributed by atoms with van der Waals surface area (Å²) in [6.45, 7) is 3.11. The van der Waals surface area contributed by atoms with Crippen LogP contribution in [0.25, 0.3) is 18.2 Å². The van der Waals surface area contributed by atoms with E-state index in [1.54, 1.807) is 24.3 Å². The van der Waals surface area contributed by atoms with Crippen LogP contribution < -0.4 is 19.1 Å². The molecule has 0 saturated heterocycles. The zero-order valence-corrected chi connectivity index (χ0v) is 34.1. The molecule has 16 heteroatoms. The van der Waals surface area contributed by atoms with E-state index >= 15 is 8.78 Å². The Morgan fingerprint density at radius 2 is 1.37 bits per heavy atom. The van der Waals surface area contributed by atoms with Gasteiger partial charge in [-0.3, -0.25) is 0 Å². The maximum Gasteiger partial charge on any atom is 0.200 e. The van der Waals surface area contributed by atoms with E-state index in [0.29, 0.717) is 52.7 Å². The van der Waals surface area contributed by atoms with Crippen LogP contribution in [0, 0.1) is 63.1 Å². The van der Waals surface area contributed by atoms with E-state index in [0.717, 1.165) is 42.4 Å². The number of hydrogen-bond acceptors (Lipinski definition) is 11. The normalized spacial score (nSPS) is 15.7. The topological polar surface area (TPSA) is 152 Å². The number of allylic oxidation sites excluding steroid dienone is 2. The SMILES string of the molecule is CC1(c2c(F)c(F)c(F)c(F)c2F)OC(=C(C#N)C#N)C(C#N)=C1/C=C/c1sc(/C=C/c2ccc(N(CCCCO)CCCCO)cc2OCc2ccccc2)c2c1OCCO2. The summed E-state index contributed by atoms with van der Waals surface area (Å²) in [5.41, 5.74) is -3.18. The Bertz CT molecular complexity index is 2520. The van der Waals surface area contributed by atoms with Crippen LogP contribution in [0.15, 0.2) is 77.1 Å². The summed E-state index contributed by atoms with van der Waals surface area (Å²) in [5.74, 6) is -10.9. The molecule has 0 radical (unpaired) electrons. The second-order valence-electron chi connectivity index (χ2n) is 14.1. The molecule has 10 nitrogen and oxygen atoms in total. The molecule has 0 bridgehead atoms. The van der Waals surface area contributed by atoms with E-state index in [9.17, 15) is 39.2 Å². The van der Waals surface area contributed by atoms with Crippen molar-refractivity contribution in [3.05, 3.63) is 133 Å². The van der Waals surface area contributed by atoms with Gasteiger partial charge in [0.1, 0.15) is 49.4 Å². The molecule has 2 N–H and O–H groups in total. The van der Waals surface area contributed by atoms with Crippen molar-refractivity contribution < 1.29 is 51.1 Å². The van der Waals surface area contributed by atoms with E-state index in [2.05, 4.69) is 4.90 Å². The number of anilines is 1. The predicted octanol–water partition coefficient (Wildman–Crippen LogP) is 9.40. The molecule has 6 rings (SSSR count). The van der Waals surface area contributed by atoms with Crippen LogP contribution in [0.2, 0.25) is 0 Å². The summed E-state index contributed by atoms with van der Waals surface area (Å²) in [6, 6.07) is 20.3. The van der Waals surface area contributed by atoms with Gasteiger partial charge in [-0.1, -0.05) is 36.4 Å². The number of hydrogen-bond donors (Lipinski definition) is 2. The number of nitriles is 3. The lowest BCUT2D eigenvalue weighted by Crippen LogP contribution is -2.28. The first-order valence-electron chi connectivity index (χ1n) is 19.5. The molecule has 3 aromatic carbocycles. The minimum absolute atomic E-state index is 0.0765. The highest BCUT2D eigenvalue weighted by Crippen LogP contribution is 2.51. The van der Waals surface area contributed by atoms with Gasteiger partial charge < -0.3 is 34.1 Å². The zero-order chi connectivity index (χ0) is 44.4. The van der Waals surface area contributed by atoms with Crippen molar-refractivity contribution in [3.63, 3.8) is 0 Å². The van der Waals surface area contributed by atoms with Crippen LogP contribution in [-0.4, -0.2) is 49.7 Å². The molecule has 1 unspecified atom stereocenters. The lowest BCUT2D eigenvalue weighted by Gasteiger charge is -2.28. The predicted molar refractivity (Wildman–Crippen MR) is 221 cm³/mol. The summed E-state index contributed by atoms with van der Waals surface area (Å²) in [5, 5.41) is 48.2. The van der Waals surface area contributed by atoms with Crippen LogP contribution in [0.5, 0.6) is 17.2 Å². The van der Waals surface area contributed by atoms with E-state index in [-0.39, 0.29) is 38.8 Å². The molecule has 0 spiro atoms. The highest BCUT2D eigenvalue weighted by molar-refractivity contribution is 7.14. The highest BCUT2D eigenvalue weighted by atomic mass is 32.1. The first-order valence-corrected chi connectivity index (χ1v) is 20.3. The van der Waals surface area contributed by atoms with Gasteiger partial charge in [0.05, 0.1) is 15.3 Å². The molecule has 0 amide bonds. The average Bonchev–Trinajstić information content (AvgIpc) is 3.79. The van der Waals surface area contributed by atoms with Gasteiger partial charge in [0.2, 0.25) is 5.82 Å². The fourth-order valence-corrected chi connectivity index (χ4v) is 7.99. The number of aliphatic hydroxyl groups is 2. The van der Waals surface area contributed by atoms with E-state index < -0.39 is 62.7 Å². The number of fused-ring (bicyclic) bond motifs is 1. The molecule has 1 aromatic heterocycles. The maximum absolute atomic E-state index is 15.4. The van der Waals surface area contributed by atoms with E-state index in [1.807, 2.05) is 54.6 Å². The molecular weight excluding hydrogens is 832 g/mol. The Labute approximate surface area is 358 Å². The molecule has 1 atom stereocenters. The number of halogens is 5. The molecule has 0 aliphatic carbocycles. The standard InChI is InChI=1S/C46H39F5N4O6S/c1-46(37-38(47)40(49)42(51)41(50)39(37)48)33(32(26-54)43(61-46)30(24-52)25-53)14-16-36-45-44(58-21-22-59-45)35(62-36)15-12-29-11-13-31(55(17-5-7-19-56)18-6-8-20-57)23-34(29)60-27-28-9-3-2-4-10-28/h2-4,9-16,23,56-57H,5-8,17-22,27H2,1H3/b15-12+,16-14+. The maximum atomic E-state index is 15.4. The van der Waals surface area contributed by atoms with Gasteiger partial charge in [-0.2, -0.15) is 15.8 Å². The highest BCUT2D eigenvalue weighted by Gasteiger charge is 2.49. The van der Waals surface area contributed by atoms with Gasteiger partial charge in [0.25, 0.3) is 0 Å². The lowest BCUT2D eigenvalue weighted by atomic mass is 9.85. The van der Waals surface area contributed by atoms with Crippen molar-refractivity contribution in [2.45, 2.75) is 44.8 Å². The van der Waals surface area contributed by atoms with Crippen molar-refractivity contribution in [1.82, 2.24) is 0 Å². The molecule has 320 valence electrons. The fourth-order valence-electron chi connectivity index (χ4n) is 6.99. The third-order valence-electron chi connectivity index (χ3n) is 10.1. The molecule has 2 aliphatic rings. The summed E-state index contributed by atoms with van der Waals surface area (Å²) < 4.78 is 98.2. The second kappa shape index (κ2) is 20.3. The van der Waals surface area contributed by atoms with Gasteiger partial charge in [0.15, 0.2) is 51.7 Å². The van der Waals surface area contributed by atoms with Crippen molar-refractivity contribution >= 4 is 35.3 Å².